The molecule has 0 aromatic heterocycles. The molecule has 2 aliphatic rings. The lowest BCUT2D eigenvalue weighted by molar-refractivity contribution is -0.0311. The van der Waals surface area contributed by atoms with Gasteiger partial charge in [-0.05, 0) is 55.8 Å². The summed E-state index contributed by atoms with van der Waals surface area (Å²) in [5, 5.41) is 9.80. The molecule has 2 fully saturated rings. The Kier molecular flexibility index (Phi) is 4.71. The summed E-state index contributed by atoms with van der Waals surface area (Å²) in [6, 6.07) is 0. The summed E-state index contributed by atoms with van der Waals surface area (Å²) in [5.74, 6) is 1.29. The van der Waals surface area contributed by atoms with Crippen molar-refractivity contribution in [1.29, 1.82) is 0 Å². The first kappa shape index (κ1) is 14.3. The van der Waals surface area contributed by atoms with Crippen LogP contribution < -0.4 is 0 Å². The topological polar surface area (TPSA) is 29.5 Å². The highest BCUT2D eigenvalue weighted by atomic mass is 16.5. The van der Waals surface area contributed by atoms with Crippen LogP contribution in [0.15, 0.2) is 0 Å². The van der Waals surface area contributed by atoms with Gasteiger partial charge in [0.05, 0.1) is 12.2 Å². The molecule has 4 unspecified atom stereocenters. The van der Waals surface area contributed by atoms with Gasteiger partial charge in [-0.3, -0.25) is 0 Å². The van der Waals surface area contributed by atoms with Gasteiger partial charge in [-0.25, -0.2) is 0 Å². The van der Waals surface area contributed by atoms with Crippen LogP contribution in [0.4, 0.5) is 0 Å². The van der Waals surface area contributed by atoms with Crippen LogP contribution in [-0.4, -0.2) is 23.9 Å². The van der Waals surface area contributed by atoms with E-state index in [1.54, 1.807) is 0 Å². The average Bonchev–Trinajstić information content (AvgIpc) is 2.61. The Bertz CT molecular complexity index is 262. The number of aliphatic hydroxyl groups excluding tert-OH is 1. The minimum absolute atomic E-state index is 0.0599. The lowest BCUT2D eigenvalue weighted by Crippen LogP contribution is -2.33. The van der Waals surface area contributed by atoms with Crippen LogP contribution in [0, 0.1) is 17.3 Å². The maximum absolute atomic E-state index is 9.80. The van der Waals surface area contributed by atoms with E-state index in [1.807, 2.05) is 0 Å². The summed E-state index contributed by atoms with van der Waals surface area (Å²) in [4.78, 5) is 0. The number of hydrogen-bond donors (Lipinski definition) is 1. The quantitative estimate of drug-likeness (QED) is 0.827. The maximum Gasteiger partial charge on any atom is 0.0582 e. The summed E-state index contributed by atoms with van der Waals surface area (Å²) >= 11 is 0. The van der Waals surface area contributed by atoms with Crippen LogP contribution in [0.3, 0.4) is 0 Å². The molecule has 2 rings (SSSR count). The number of hydrogen-bond acceptors (Lipinski definition) is 2. The van der Waals surface area contributed by atoms with Crippen molar-refractivity contribution in [3.63, 3.8) is 0 Å². The Labute approximate surface area is 112 Å². The third kappa shape index (κ3) is 3.96. The normalized spacial score (nSPS) is 40.0. The highest BCUT2D eigenvalue weighted by Gasteiger charge is 2.32. The van der Waals surface area contributed by atoms with E-state index < -0.39 is 0 Å². The van der Waals surface area contributed by atoms with E-state index >= 15 is 0 Å². The molecule has 0 aromatic carbocycles. The van der Waals surface area contributed by atoms with Crippen molar-refractivity contribution in [3.8, 4) is 0 Å². The molecule has 106 valence electrons. The van der Waals surface area contributed by atoms with Crippen LogP contribution in [0.5, 0.6) is 0 Å². The van der Waals surface area contributed by atoms with Crippen molar-refractivity contribution in [2.24, 2.45) is 17.3 Å². The Morgan fingerprint density at radius 2 is 2.00 bits per heavy atom. The van der Waals surface area contributed by atoms with E-state index in [4.69, 9.17) is 4.74 Å². The third-order valence-corrected chi connectivity index (χ3v) is 4.81. The van der Waals surface area contributed by atoms with E-state index in [0.717, 1.165) is 25.4 Å². The van der Waals surface area contributed by atoms with Crippen LogP contribution in [0.1, 0.15) is 65.7 Å². The predicted octanol–water partition coefficient (Wildman–Crippen LogP) is 3.77. The smallest absolute Gasteiger partial charge is 0.0582 e. The Morgan fingerprint density at radius 3 is 2.61 bits per heavy atom. The van der Waals surface area contributed by atoms with Crippen molar-refractivity contribution in [2.45, 2.75) is 77.9 Å². The van der Waals surface area contributed by atoms with Crippen LogP contribution in [-0.2, 0) is 4.74 Å². The molecular weight excluding hydrogens is 224 g/mol. The molecule has 0 spiro atoms. The SMILES string of the molecule is CC1CC(OCCC2CCCC2O)CC(C)(C)C1. The van der Waals surface area contributed by atoms with Crippen LogP contribution >= 0.6 is 0 Å². The molecule has 0 aromatic rings. The fourth-order valence-electron chi connectivity index (χ4n) is 4.13. The van der Waals surface area contributed by atoms with Gasteiger partial charge < -0.3 is 9.84 Å². The van der Waals surface area contributed by atoms with Gasteiger partial charge in [0.2, 0.25) is 0 Å². The molecule has 0 aliphatic heterocycles. The molecule has 4 atom stereocenters. The lowest BCUT2D eigenvalue weighted by Gasteiger charge is -2.39. The number of ether oxygens (including phenoxy) is 1. The first-order valence-electron chi connectivity index (χ1n) is 7.76. The van der Waals surface area contributed by atoms with Gasteiger partial charge in [0.25, 0.3) is 0 Å². The summed E-state index contributed by atoms with van der Waals surface area (Å²) in [6.45, 7) is 7.91. The zero-order valence-electron chi connectivity index (χ0n) is 12.3. The van der Waals surface area contributed by atoms with Gasteiger partial charge in [0, 0.05) is 6.61 Å². The predicted molar refractivity (Wildman–Crippen MR) is 74.5 cm³/mol. The Hall–Kier alpha value is -0.0800. The first-order valence-corrected chi connectivity index (χ1v) is 7.76. The zero-order valence-corrected chi connectivity index (χ0v) is 12.3. The van der Waals surface area contributed by atoms with E-state index in [1.165, 1.54) is 32.1 Å². The monoisotopic (exact) mass is 254 g/mol. The molecule has 0 bridgehead atoms. The van der Waals surface area contributed by atoms with Crippen LogP contribution in [0.25, 0.3) is 0 Å². The maximum atomic E-state index is 9.80. The summed E-state index contributed by atoms with van der Waals surface area (Å²) in [5.41, 5.74) is 0.440. The third-order valence-electron chi connectivity index (χ3n) is 4.81. The standard InChI is InChI=1S/C16H30O2/c1-12-9-14(11-16(2,3)10-12)18-8-7-13-5-4-6-15(13)17/h12-15,17H,4-11H2,1-3H3. The summed E-state index contributed by atoms with van der Waals surface area (Å²) < 4.78 is 6.09. The summed E-state index contributed by atoms with van der Waals surface area (Å²) in [7, 11) is 0. The second-order valence-electron chi connectivity index (χ2n) is 7.45. The molecule has 2 heteroatoms. The minimum atomic E-state index is -0.0599. The zero-order chi connectivity index (χ0) is 13.2. The molecule has 0 heterocycles. The highest BCUT2D eigenvalue weighted by molar-refractivity contribution is 4.83. The molecule has 0 amide bonds. The van der Waals surface area contributed by atoms with Crippen LogP contribution in [0.2, 0.25) is 0 Å². The van der Waals surface area contributed by atoms with Gasteiger partial charge in [-0.15, -0.1) is 0 Å². The van der Waals surface area contributed by atoms with E-state index in [2.05, 4.69) is 20.8 Å². The number of rotatable bonds is 4. The van der Waals surface area contributed by atoms with Crippen molar-refractivity contribution in [2.75, 3.05) is 6.61 Å². The van der Waals surface area contributed by atoms with E-state index in [9.17, 15) is 5.11 Å². The average molecular weight is 254 g/mol. The lowest BCUT2D eigenvalue weighted by atomic mass is 9.71. The minimum Gasteiger partial charge on any atom is -0.393 e. The van der Waals surface area contributed by atoms with Crippen molar-refractivity contribution in [3.05, 3.63) is 0 Å². The largest absolute Gasteiger partial charge is 0.393 e. The molecule has 2 aliphatic carbocycles. The molecule has 2 nitrogen and oxygen atoms in total. The van der Waals surface area contributed by atoms with Gasteiger partial charge in [0.15, 0.2) is 0 Å². The summed E-state index contributed by atoms with van der Waals surface area (Å²) in [6.07, 6.45) is 8.56. The van der Waals surface area contributed by atoms with Gasteiger partial charge in [-0.2, -0.15) is 0 Å². The Morgan fingerprint density at radius 1 is 1.22 bits per heavy atom. The molecule has 2 saturated carbocycles. The fraction of sp³-hybridized carbons (Fsp3) is 1.00. The van der Waals surface area contributed by atoms with Gasteiger partial charge in [-0.1, -0.05) is 27.2 Å². The molecule has 18 heavy (non-hydrogen) atoms. The van der Waals surface area contributed by atoms with E-state index in [-0.39, 0.29) is 6.10 Å². The first-order chi connectivity index (χ1) is 8.46. The number of aliphatic hydroxyl groups is 1. The van der Waals surface area contributed by atoms with Crippen molar-refractivity contribution < 1.29 is 9.84 Å². The van der Waals surface area contributed by atoms with E-state index in [0.29, 0.717) is 17.4 Å². The second kappa shape index (κ2) is 5.92. The molecule has 0 saturated heterocycles. The van der Waals surface area contributed by atoms with Gasteiger partial charge >= 0.3 is 0 Å². The van der Waals surface area contributed by atoms with Crippen molar-refractivity contribution in [1.82, 2.24) is 0 Å². The highest BCUT2D eigenvalue weighted by Crippen LogP contribution is 2.39. The molecule has 0 radical (unpaired) electrons. The van der Waals surface area contributed by atoms with Gasteiger partial charge in [0.1, 0.15) is 0 Å². The Balaban J connectivity index is 1.70. The fourth-order valence-corrected chi connectivity index (χ4v) is 4.13. The molecule has 1 N–H and O–H groups in total. The second-order valence-corrected chi connectivity index (χ2v) is 7.45. The van der Waals surface area contributed by atoms with Crippen molar-refractivity contribution >= 4 is 0 Å². The molecular formula is C16H30O2.